The lowest BCUT2D eigenvalue weighted by Crippen LogP contribution is -2.49. The molecular weight excluding hydrogens is 316 g/mol. The van der Waals surface area contributed by atoms with Gasteiger partial charge in [-0.15, -0.1) is 0 Å². The van der Waals surface area contributed by atoms with E-state index in [1.165, 1.54) is 0 Å². The Kier molecular flexibility index (Phi) is 4.89. The van der Waals surface area contributed by atoms with Gasteiger partial charge in [0.1, 0.15) is 5.69 Å². The standard InChI is InChI=1S/C17H19F2N3O2/c1-12-13(4-5-14(20-12)15-3-2-10-24-15)17(23)22-8-6-21(7-9-22)11-16(18)19/h2-5,10,16H,6-9,11H2,1H3. The van der Waals surface area contributed by atoms with E-state index in [1.54, 1.807) is 41.2 Å². The number of hydrogen-bond acceptors (Lipinski definition) is 4. The number of piperazine rings is 1. The molecule has 0 aliphatic carbocycles. The van der Waals surface area contributed by atoms with Crippen molar-refractivity contribution in [1.29, 1.82) is 0 Å². The molecule has 1 fully saturated rings. The van der Waals surface area contributed by atoms with Crippen molar-refractivity contribution < 1.29 is 18.0 Å². The van der Waals surface area contributed by atoms with Crippen LogP contribution in [0.1, 0.15) is 16.1 Å². The van der Waals surface area contributed by atoms with Crippen LogP contribution in [0.5, 0.6) is 0 Å². The van der Waals surface area contributed by atoms with E-state index in [0.29, 0.717) is 48.9 Å². The minimum absolute atomic E-state index is 0.109. The first-order valence-corrected chi connectivity index (χ1v) is 7.86. The minimum atomic E-state index is -2.34. The van der Waals surface area contributed by atoms with E-state index in [9.17, 15) is 13.6 Å². The molecule has 1 aliphatic rings. The highest BCUT2D eigenvalue weighted by Gasteiger charge is 2.25. The Bertz CT molecular complexity index is 696. The summed E-state index contributed by atoms with van der Waals surface area (Å²) in [6, 6.07) is 7.09. The summed E-state index contributed by atoms with van der Waals surface area (Å²) in [4.78, 5) is 20.5. The molecule has 0 aromatic carbocycles. The molecule has 128 valence electrons. The van der Waals surface area contributed by atoms with Gasteiger partial charge in [-0.1, -0.05) is 0 Å². The number of carbonyl (C=O) groups excluding carboxylic acids is 1. The number of pyridine rings is 1. The number of carbonyl (C=O) groups is 1. The lowest BCUT2D eigenvalue weighted by Gasteiger charge is -2.34. The summed E-state index contributed by atoms with van der Waals surface area (Å²) in [6.45, 7) is 3.38. The monoisotopic (exact) mass is 335 g/mol. The first-order chi connectivity index (χ1) is 11.5. The molecule has 2 aromatic rings. The van der Waals surface area contributed by atoms with Crippen molar-refractivity contribution in [2.75, 3.05) is 32.7 Å². The summed E-state index contributed by atoms with van der Waals surface area (Å²) in [6.07, 6.45) is -0.766. The third kappa shape index (κ3) is 3.62. The molecule has 0 bridgehead atoms. The fraction of sp³-hybridized carbons (Fsp3) is 0.412. The second kappa shape index (κ2) is 7.09. The van der Waals surface area contributed by atoms with Crippen LogP contribution in [-0.4, -0.2) is 59.8 Å². The van der Waals surface area contributed by atoms with Crippen molar-refractivity contribution in [3.63, 3.8) is 0 Å². The number of hydrogen-bond donors (Lipinski definition) is 0. The molecule has 7 heteroatoms. The van der Waals surface area contributed by atoms with Crippen LogP contribution in [0.4, 0.5) is 8.78 Å². The van der Waals surface area contributed by atoms with E-state index < -0.39 is 6.43 Å². The van der Waals surface area contributed by atoms with Crippen molar-refractivity contribution >= 4 is 5.91 Å². The van der Waals surface area contributed by atoms with E-state index in [2.05, 4.69) is 4.98 Å². The van der Waals surface area contributed by atoms with Gasteiger partial charge in [0.15, 0.2) is 5.76 Å². The van der Waals surface area contributed by atoms with Crippen LogP contribution in [-0.2, 0) is 0 Å². The fourth-order valence-corrected chi connectivity index (χ4v) is 2.85. The van der Waals surface area contributed by atoms with Crippen LogP contribution >= 0.6 is 0 Å². The first-order valence-electron chi connectivity index (χ1n) is 7.86. The Morgan fingerprint density at radius 3 is 2.58 bits per heavy atom. The average molecular weight is 335 g/mol. The number of alkyl halides is 2. The maximum Gasteiger partial charge on any atom is 0.255 e. The Morgan fingerprint density at radius 2 is 2.00 bits per heavy atom. The quantitative estimate of drug-likeness (QED) is 0.862. The molecule has 0 N–H and O–H groups in total. The zero-order chi connectivity index (χ0) is 17.1. The summed E-state index contributed by atoms with van der Waals surface area (Å²) >= 11 is 0. The topological polar surface area (TPSA) is 49.6 Å². The van der Waals surface area contributed by atoms with Crippen LogP contribution in [0.2, 0.25) is 0 Å². The molecule has 0 atom stereocenters. The van der Waals surface area contributed by atoms with Crippen molar-refractivity contribution in [2.24, 2.45) is 0 Å². The van der Waals surface area contributed by atoms with Crippen molar-refractivity contribution in [3.8, 4) is 11.5 Å². The molecule has 1 aliphatic heterocycles. The van der Waals surface area contributed by atoms with Gasteiger partial charge in [0.25, 0.3) is 12.3 Å². The summed E-state index contributed by atoms with van der Waals surface area (Å²) < 4.78 is 30.1. The van der Waals surface area contributed by atoms with Gasteiger partial charge >= 0.3 is 0 Å². The van der Waals surface area contributed by atoms with Crippen LogP contribution in [0, 0.1) is 6.92 Å². The summed E-state index contributed by atoms with van der Waals surface area (Å²) in [5.41, 5.74) is 1.84. The van der Waals surface area contributed by atoms with Crippen molar-refractivity contribution in [1.82, 2.24) is 14.8 Å². The van der Waals surface area contributed by atoms with Gasteiger partial charge in [0.05, 0.1) is 24.1 Å². The molecule has 1 amide bonds. The molecule has 0 saturated carbocycles. The maximum absolute atomic E-state index is 12.6. The minimum Gasteiger partial charge on any atom is -0.463 e. The van der Waals surface area contributed by atoms with Gasteiger partial charge in [-0.05, 0) is 31.2 Å². The molecule has 2 aromatic heterocycles. The number of aryl methyl sites for hydroxylation is 1. The SMILES string of the molecule is Cc1nc(-c2ccco2)ccc1C(=O)N1CCN(CC(F)F)CC1. The van der Waals surface area contributed by atoms with Gasteiger partial charge in [-0.25, -0.2) is 13.8 Å². The molecular formula is C17H19F2N3O2. The van der Waals surface area contributed by atoms with Crippen LogP contribution in [0.3, 0.4) is 0 Å². The molecule has 24 heavy (non-hydrogen) atoms. The Morgan fingerprint density at radius 1 is 1.25 bits per heavy atom. The van der Waals surface area contributed by atoms with E-state index in [4.69, 9.17) is 4.42 Å². The number of rotatable bonds is 4. The molecule has 1 saturated heterocycles. The molecule has 0 unspecified atom stereocenters. The second-order valence-electron chi connectivity index (χ2n) is 5.79. The summed E-state index contributed by atoms with van der Waals surface area (Å²) in [7, 11) is 0. The Hall–Kier alpha value is -2.28. The molecule has 0 radical (unpaired) electrons. The third-order valence-corrected chi connectivity index (χ3v) is 4.15. The number of aromatic nitrogens is 1. The zero-order valence-electron chi connectivity index (χ0n) is 13.4. The summed E-state index contributed by atoms with van der Waals surface area (Å²) in [5.74, 6) is 0.542. The van der Waals surface area contributed by atoms with Crippen molar-refractivity contribution in [3.05, 3.63) is 41.8 Å². The van der Waals surface area contributed by atoms with Gasteiger partial charge in [0.2, 0.25) is 0 Å². The largest absolute Gasteiger partial charge is 0.463 e. The number of halogens is 2. The highest BCUT2D eigenvalue weighted by molar-refractivity contribution is 5.95. The van der Waals surface area contributed by atoms with Gasteiger partial charge in [0, 0.05) is 26.2 Å². The highest BCUT2D eigenvalue weighted by Crippen LogP contribution is 2.20. The van der Waals surface area contributed by atoms with Crippen LogP contribution in [0.25, 0.3) is 11.5 Å². The highest BCUT2D eigenvalue weighted by atomic mass is 19.3. The lowest BCUT2D eigenvalue weighted by atomic mass is 10.1. The Labute approximate surface area is 138 Å². The fourth-order valence-electron chi connectivity index (χ4n) is 2.85. The zero-order valence-corrected chi connectivity index (χ0v) is 13.4. The van der Waals surface area contributed by atoms with E-state index in [-0.39, 0.29) is 12.5 Å². The number of furan rings is 1. The Balaban J connectivity index is 1.67. The number of nitrogens with zero attached hydrogens (tertiary/aromatic N) is 3. The van der Waals surface area contributed by atoms with Crippen LogP contribution < -0.4 is 0 Å². The average Bonchev–Trinajstić information content (AvgIpc) is 3.09. The molecule has 0 spiro atoms. The molecule has 5 nitrogen and oxygen atoms in total. The number of amides is 1. The van der Waals surface area contributed by atoms with Crippen LogP contribution in [0.15, 0.2) is 34.9 Å². The smallest absolute Gasteiger partial charge is 0.255 e. The third-order valence-electron chi connectivity index (χ3n) is 4.15. The summed E-state index contributed by atoms with van der Waals surface area (Å²) in [5, 5.41) is 0. The van der Waals surface area contributed by atoms with E-state index in [0.717, 1.165) is 0 Å². The second-order valence-corrected chi connectivity index (χ2v) is 5.79. The molecule has 3 rings (SSSR count). The predicted octanol–water partition coefficient (Wildman–Crippen LogP) is 2.67. The van der Waals surface area contributed by atoms with Gasteiger partial charge in [-0.3, -0.25) is 9.69 Å². The normalized spacial score (nSPS) is 15.9. The van der Waals surface area contributed by atoms with E-state index >= 15 is 0 Å². The van der Waals surface area contributed by atoms with E-state index in [1.807, 2.05) is 6.07 Å². The maximum atomic E-state index is 12.6. The van der Waals surface area contributed by atoms with Gasteiger partial charge < -0.3 is 9.32 Å². The lowest BCUT2D eigenvalue weighted by molar-refractivity contribution is 0.0458. The van der Waals surface area contributed by atoms with Gasteiger partial charge in [-0.2, -0.15) is 0 Å². The van der Waals surface area contributed by atoms with Crippen molar-refractivity contribution in [2.45, 2.75) is 13.3 Å². The molecule has 3 heterocycles. The predicted molar refractivity (Wildman–Crippen MR) is 85.0 cm³/mol. The first kappa shape index (κ1) is 16.6.